The number of thioether (sulfide) groups is 1. The molecule has 1 rings (SSSR count). The van der Waals surface area contributed by atoms with E-state index >= 15 is 0 Å². The van der Waals surface area contributed by atoms with Crippen LogP contribution in [-0.2, 0) is 4.79 Å². The minimum atomic E-state index is -0.749. The molecule has 0 aliphatic carbocycles. The lowest BCUT2D eigenvalue weighted by atomic mass is 10.2. The average molecular weight is 240 g/mol. The number of hydrogen-bond donors (Lipinski definition) is 1. The van der Waals surface area contributed by atoms with Crippen molar-refractivity contribution in [3.05, 3.63) is 35.9 Å². The van der Waals surface area contributed by atoms with Gasteiger partial charge in [-0.25, -0.2) is 0 Å². The van der Waals surface area contributed by atoms with E-state index in [1.165, 1.54) is 11.8 Å². The van der Waals surface area contributed by atoms with Gasteiger partial charge in [0, 0.05) is 6.42 Å². The van der Waals surface area contributed by atoms with Gasteiger partial charge in [0.2, 0.25) is 0 Å². The van der Waals surface area contributed by atoms with Crippen molar-refractivity contribution in [2.24, 2.45) is 0 Å². The third kappa shape index (κ3) is 4.95. The van der Waals surface area contributed by atoms with Gasteiger partial charge in [-0.3, -0.25) is 4.79 Å². The summed E-state index contributed by atoms with van der Waals surface area (Å²) >= 11 is 6.75. The highest BCUT2D eigenvalue weighted by molar-refractivity contribution is 8.23. The third-order valence-corrected chi connectivity index (χ3v) is 3.36. The average Bonchev–Trinajstić information content (AvgIpc) is 2.25. The van der Waals surface area contributed by atoms with Gasteiger partial charge >= 0.3 is 5.97 Å². The highest BCUT2D eigenvalue weighted by Gasteiger charge is 2.02. The summed E-state index contributed by atoms with van der Waals surface area (Å²) in [5, 5.41) is 8.45. The van der Waals surface area contributed by atoms with Gasteiger partial charge in [0.25, 0.3) is 0 Å². The van der Waals surface area contributed by atoms with Crippen LogP contribution in [0.2, 0.25) is 0 Å². The maximum absolute atomic E-state index is 10.3. The van der Waals surface area contributed by atoms with Crippen LogP contribution in [0.5, 0.6) is 0 Å². The molecule has 0 unspecified atom stereocenters. The van der Waals surface area contributed by atoms with Gasteiger partial charge in [0.15, 0.2) is 0 Å². The first-order valence-corrected chi connectivity index (χ1v) is 6.03. The van der Waals surface area contributed by atoms with Gasteiger partial charge in [0.1, 0.15) is 0 Å². The van der Waals surface area contributed by atoms with Crippen molar-refractivity contribution in [1.29, 1.82) is 0 Å². The highest BCUT2D eigenvalue weighted by atomic mass is 32.2. The van der Waals surface area contributed by atoms with Gasteiger partial charge < -0.3 is 5.11 Å². The molecule has 0 spiro atoms. The van der Waals surface area contributed by atoms with E-state index in [9.17, 15) is 4.79 Å². The van der Waals surface area contributed by atoms with Crippen molar-refractivity contribution in [3.8, 4) is 0 Å². The van der Waals surface area contributed by atoms with Crippen LogP contribution >= 0.6 is 24.0 Å². The minimum absolute atomic E-state index is 0.213. The molecule has 0 heterocycles. The predicted octanol–water partition coefficient (Wildman–Crippen LogP) is 2.96. The number of hydrogen-bond acceptors (Lipinski definition) is 3. The lowest BCUT2D eigenvalue weighted by Crippen LogP contribution is -1.97. The summed E-state index contributed by atoms with van der Waals surface area (Å²) in [6.07, 6.45) is 0.872. The molecule has 0 aliphatic rings. The van der Waals surface area contributed by atoms with Crippen molar-refractivity contribution < 1.29 is 9.90 Å². The van der Waals surface area contributed by atoms with Crippen molar-refractivity contribution in [3.63, 3.8) is 0 Å². The smallest absolute Gasteiger partial charge is 0.303 e. The summed E-state index contributed by atoms with van der Waals surface area (Å²) in [6, 6.07) is 9.76. The number of rotatable bonds is 5. The van der Waals surface area contributed by atoms with Crippen molar-refractivity contribution in [1.82, 2.24) is 0 Å². The van der Waals surface area contributed by atoms with Crippen LogP contribution in [0.4, 0.5) is 0 Å². The third-order valence-electron chi connectivity index (χ3n) is 1.78. The number of benzene rings is 1. The van der Waals surface area contributed by atoms with Crippen LogP contribution in [0.15, 0.2) is 30.3 Å². The molecule has 80 valence electrons. The molecule has 0 aromatic heterocycles. The minimum Gasteiger partial charge on any atom is -0.481 e. The number of thiocarbonyl (C=S) groups is 1. The maximum Gasteiger partial charge on any atom is 0.303 e. The first-order valence-electron chi connectivity index (χ1n) is 4.64. The van der Waals surface area contributed by atoms with E-state index in [4.69, 9.17) is 17.3 Å². The molecule has 0 aliphatic heterocycles. The Balaban J connectivity index is 2.28. The lowest BCUT2D eigenvalue weighted by molar-refractivity contribution is -0.137. The SMILES string of the molecule is O=C(O)CCCSC(=S)c1ccccc1. The molecule has 0 amide bonds. The monoisotopic (exact) mass is 240 g/mol. The topological polar surface area (TPSA) is 37.3 Å². The van der Waals surface area contributed by atoms with Gasteiger partial charge in [-0.15, -0.1) is 11.8 Å². The zero-order valence-electron chi connectivity index (χ0n) is 8.18. The molecule has 0 bridgehead atoms. The van der Waals surface area contributed by atoms with E-state index < -0.39 is 5.97 Å². The summed E-state index contributed by atoms with van der Waals surface area (Å²) in [4.78, 5) is 10.3. The molecule has 15 heavy (non-hydrogen) atoms. The molecule has 1 N–H and O–H groups in total. The Morgan fingerprint density at radius 3 is 2.60 bits per heavy atom. The molecule has 4 heteroatoms. The Hall–Kier alpha value is -0.870. The summed E-state index contributed by atoms with van der Waals surface area (Å²) in [5.74, 6) is 0.0151. The van der Waals surface area contributed by atoms with Crippen LogP contribution in [0.25, 0.3) is 0 Å². The maximum atomic E-state index is 10.3. The summed E-state index contributed by atoms with van der Waals surface area (Å²) in [5.41, 5.74) is 1.04. The predicted molar refractivity (Wildman–Crippen MR) is 67.5 cm³/mol. The first kappa shape index (κ1) is 12.2. The normalized spacial score (nSPS) is 9.87. The second-order valence-electron chi connectivity index (χ2n) is 3.00. The van der Waals surface area contributed by atoms with Crippen LogP contribution in [0.1, 0.15) is 18.4 Å². The van der Waals surface area contributed by atoms with E-state index in [0.717, 1.165) is 15.5 Å². The molecule has 0 saturated carbocycles. The number of carboxylic acids is 1. The van der Waals surface area contributed by atoms with E-state index in [0.29, 0.717) is 6.42 Å². The summed E-state index contributed by atoms with van der Waals surface area (Å²) in [7, 11) is 0. The molecular formula is C11H12O2S2. The molecule has 0 radical (unpaired) electrons. The molecular weight excluding hydrogens is 228 g/mol. The first-order chi connectivity index (χ1) is 7.20. The Kier molecular flexibility index (Phi) is 5.36. The number of carbonyl (C=O) groups is 1. The zero-order valence-corrected chi connectivity index (χ0v) is 9.81. The zero-order chi connectivity index (χ0) is 11.1. The second-order valence-corrected chi connectivity index (χ2v) is 4.77. The van der Waals surface area contributed by atoms with Crippen molar-refractivity contribution in [2.45, 2.75) is 12.8 Å². The quantitative estimate of drug-likeness (QED) is 0.634. The standard InChI is InChI=1S/C11H12O2S2/c12-10(13)7-4-8-15-11(14)9-5-2-1-3-6-9/h1-3,5-6H,4,7-8H2,(H,12,13). The van der Waals surface area contributed by atoms with Crippen LogP contribution in [0, 0.1) is 0 Å². The molecule has 0 saturated heterocycles. The van der Waals surface area contributed by atoms with E-state index in [-0.39, 0.29) is 6.42 Å². The Bertz CT molecular complexity index is 336. The van der Waals surface area contributed by atoms with Gasteiger partial charge in [-0.05, 0) is 17.7 Å². The second kappa shape index (κ2) is 6.58. The summed E-state index contributed by atoms with van der Waals surface area (Å²) < 4.78 is 0.834. The van der Waals surface area contributed by atoms with Crippen LogP contribution < -0.4 is 0 Å². The van der Waals surface area contributed by atoms with Crippen LogP contribution in [-0.4, -0.2) is 21.0 Å². The molecule has 0 fully saturated rings. The fraction of sp³-hybridized carbons (Fsp3) is 0.273. The van der Waals surface area contributed by atoms with Gasteiger partial charge in [-0.2, -0.15) is 0 Å². The lowest BCUT2D eigenvalue weighted by Gasteiger charge is -2.02. The Morgan fingerprint density at radius 1 is 1.33 bits per heavy atom. The van der Waals surface area contributed by atoms with E-state index in [1.54, 1.807) is 0 Å². The molecule has 1 aromatic rings. The fourth-order valence-electron chi connectivity index (χ4n) is 1.05. The summed E-state index contributed by atoms with van der Waals surface area (Å²) in [6.45, 7) is 0. The van der Waals surface area contributed by atoms with E-state index in [2.05, 4.69) is 0 Å². The van der Waals surface area contributed by atoms with Crippen LogP contribution in [0.3, 0.4) is 0 Å². The highest BCUT2D eigenvalue weighted by Crippen LogP contribution is 2.15. The Morgan fingerprint density at radius 2 is 2.00 bits per heavy atom. The number of aliphatic carboxylic acids is 1. The van der Waals surface area contributed by atoms with E-state index in [1.807, 2.05) is 30.3 Å². The molecule has 1 aromatic carbocycles. The molecule has 0 atom stereocenters. The van der Waals surface area contributed by atoms with Gasteiger partial charge in [-0.1, -0.05) is 42.5 Å². The largest absolute Gasteiger partial charge is 0.481 e. The molecule has 2 nitrogen and oxygen atoms in total. The van der Waals surface area contributed by atoms with Crippen molar-refractivity contribution in [2.75, 3.05) is 5.75 Å². The Labute approximate surface area is 98.7 Å². The number of carboxylic acid groups (broad SMARTS) is 1. The fourth-order valence-corrected chi connectivity index (χ4v) is 2.21. The van der Waals surface area contributed by atoms with Crippen molar-refractivity contribution >= 4 is 34.1 Å². The van der Waals surface area contributed by atoms with Gasteiger partial charge in [0.05, 0.1) is 4.20 Å².